The number of thioether (sulfide) groups is 1. The van der Waals surface area contributed by atoms with Gasteiger partial charge in [-0.2, -0.15) is 0 Å². The van der Waals surface area contributed by atoms with Crippen LogP contribution in [0.5, 0.6) is 0 Å². The predicted molar refractivity (Wildman–Crippen MR) is 153 cm³/mol. The second-order valence-corrected chi connectivity index (χ2v) is 10.3. The number of imidazole rings is 1. The number of nitrogens with zero attached hydrogens (tertiary/aromatic N) is 2. The van der Waals surface area contributed by atoms with Gasteiger partial charge in [0, 0.05) is 29.8 Å². The van der Waals surface area contributed by atoms with E-state index in [1.807, 2.05) is 18.2 Å². The first kappa shape index (κ1) is 26.7. The van der Waals surface area contributed by atoms with Crippen LogP contribution in [0.15, 0.2) is 91.0 Å². The third-order valence-corrected chi connectivity index (χ3v) is 7.72. The summed E-state index contributed by atoms with van der Waals surface area (Å²) in [4.78, 5) is 16.5. The van der Waals surface area contributed by atoms with E-state index in [-0.39, 0.29) is 6.61 Å². The highest BCUT2D eigenvalue weighted by Crippen LogP contribution is 2.36. The summed E-state index contributed by atoms with van der Waals surface area (Å²) in [5.74, 6) is 0.933. The molecule has 0 spiro atoms. The van der Waals surface area contributed by atoms with E-state index in [0.717, 1.165) is 71.9 Å². The maximum Gasteiger partial charge on any atom is 0.316 e. The number of aliphatic carboxylic acids is 1. The number of benzene rings is 3. The average molecular weight is 515 g/mol. The second-order valence-electron chi connectivity index (χ2n) is 9.01. The lowest BCUT2D eigenvalue weighted by molar-refractivity contribution is -0.136. The van der Waals surface area contributed by atoms with Gasteiger partial charge in [0.25, 0.3) is 0 Å². The fourth-order valence-electron chi connectivity index (χ4n) is 4.51. The van der Waals surface area contributed by atoms with Crippen molar-refractivity contribution in [3.63, 3.8) is 0 Å². The van der Waals surface area contributed by atoms with Crippen molar-refractivity contribution in [2.45, 2.75) is 43.9 Å². The maximum absolute atomic E-state index is 11.3. The van der Waals surface area contributed by atoms with E-state index in [2.05, 4.69) is 77.4 Å². The monoisotopic (exact) mass is 514 g/mol. The highest BCUT2D eigenvalue weighted by atomic mass is 32.2. The van der Waals surface area contributed by atoms with Crippen molar-refractivity contribution < 1.29 is 15.0 Å². The SMILES string of the molecule is O=C(O)C(CCO)SCCCCCCn1c(-c2ccccc2)nc(-c2ccccc2)c1-c1ccccc1. The summed E-state index contributed by atoms with van der Waals surface area (Å²) in [6, 6.07) is 31.2. The Kier molecular flexibility index (Phi) is 9.97. The van der Waals surface area contributed by atoms with Crippen LogP contribution in [0.1, 0.15) is 32.1 Å². The number of carbonyl (C=O) groups is 1. The number of carboxylic acid groups (broad SMARTS) is 1. The number of rotatable bonds is 14. The normalized spacial score (nSPS) is 11.9. The van der Waals surface area contributed by atoms with Gasteiger partial charge in [0.1, 0.15) is 11.1 Å². The number of hydrogen-bond donors (Lipinski definition) is 2. The number of aliphatic hydroxyl groups is 1. The van der Waals surface area contributed by atoms with Crippen LogP contribution < -0.4 is 0 Å². The van der Waals surface area contributed by atoms with Gasteiger partial charge in [-0.25, -0.2) is 4.98 Å². The van der Waals surface area contributed by atoms with E-state index in [0.29, 0.717) is 6.42 Å². The van der Waals surface area contributed by atoms with Gasteiger partial charge in [-0.3, -0.25) is 4.79 Å². The molecule has 0 aliphatic heterocycles. The molecule has 1 heterocycles. The van der Waals surface area contributed by atoms with E-state index in [9.17, 15) is 9.90 Å². The van der Waals surface area contributed by atoms with Crippen molar-refractivity contribution in [1.29, 1.82) is 0 Å². The molecule has 1 unspecified atom stereocenters. The molecule has 0 amide bonds. The van der Waals surface area contributed by atoms with Crippen LogP contribution in [0.25, 0.3) is 33.9 Å². The zero-order chi connectivity index (χ0) is 25.9. The van der Waals surface area contributed by atoms with Crippen molar-refractivity contribution in [2.24, 2.45) is 0 Å². The van der Waals surface area contributed by atoms with Crippen molar-refractivity contribution in [3.8, 4) is 33.9 Å². The van der Waals surface area contributed by atoms with E-state index >= 15 is 0 Å². The summed E-state index contributed by atoms with van der Waals surface area (Å²) in [6.07, 6.45) is 4.37. The van der Waals surface area contributed by atoms with Crippen molar-refractivity contribution >= 4 is 17.7 Å². The Hall–Kier alpha value is -3.35. The molecule has 2 N–H and O–H groups in total. The largest absolute Gasteiger partial charge is 0.480 e. The maximum atomic E-state index is 11.3. The van der Waals surface area contributed by atoms with Crippen LogP contribution in [-0.4, -0.2) is 43.3 Å². The smallest absolute Gasteiger partial charge is 0.316 e. The number of aliphatic hydroxyl groups excluding tert-OH is 1. The first-order chi connectivity index (χ1) is 18.2. The van der Waals surface area contributed by atoms with Gasteiger partial charge < -0.3 is 14.8 Å². The predicted octanol–water partition coefficient (Wildman–Crippen LogP) is 7.01. The quantitative estimate of drug-likeness (QED) is 0.177. The van der Waals surface area contributed by atoms with Gasteiger partial charge in [-0.1, -0.05) is 104 Å². The lowest BCUT2D eigenvalue weighted by atomic mass is 10.0. The summed E-state index contributed by atoms with van der Waals surface area (Å²) in [5.41, 5.74) is 5.48. The molecule has 0 saturated carbocycles. The second kappa shape index (κ2) is 13.8. The Balaban J connectivity index is 1.54. The molecule has 6 heteroatoms. The molecular formula is C31H34N2O3S. The van der Waals surface area contributed by atoms with Crippen LogP contribution in [-0.2, 0) is 11.3 Å². The number of unbranched alkanes of at least 4 members (excludes halogenated alkanes) is 3. The molecule has 1 atom stereocenters. The topological polar surface area (TPSA) is 75.3 Å². The summed E-state index contributed by atoms with van der Waals surface area (Å²) in [6.45, 7) is 0.761. The Morgan fingerprint density at radius 2 is 1.35 bits per heavy atom. The molecule has 3 aromatic carbocycles. The average Bonchev–Trinajstić information content (AvgIpc) is 3.32. The number of hydrogen-bond acceptors (Lipinski definition) is 4. The Labute approximate surface area is 223 Å². The number of aromatic nitrogens is 2. The fourth-order valence-corrected chi connectivity index (χ4v) is 5.58. The third-order valence-electron chi connectivity index (χ3n) is 6.36. The van der Waals surface area contributed by atoms with Crippen LogP contribution in [0.3, 0.4) is 0 Å². The van der Waals surface area contributed by atoms with Crippen LogP contribution in [0.4, 0.5) is 0 Å². The van der Waals surface area contributed by atoms with Crippen molar-refractivity contribution in [3.05, 3.63) is 91.0 Å². The molecule has 0 saturated heterocycles. The molecule has 4 rings (SSSR count). The molecule has 4 aromatic rings. The minimum atomic E-state index is -0.838. The first-order valence-electron chi connectivity index (χ1n) is 12.9. The van der Waals surface area contributed by atoms with Gasteiger partial charge in [0.2, 0.25) is 0 Å². The van der Waals surface area contributed by atoms with E-state index in [1.165, 1.54) is 11.8 Å². The Morgan fingerprint density at radius 3 is 1.95 bits per heavy atom. The lowest BCUT2D eigenvalue weighted by Crippen LogP contribution is -2.18. The van der Waals surface area contributed by atoms with E-state index in [1.54, 1.807) is 0 Å². The third kappa shape index (κ3) is 7.12. The standard InChI is InChI=1S/C31H34N2O3S/c34-22-20-27(31(35)36)37-23-13-2-1-12-21-33-29(25-16-8-4-9-17-25)28(24-14-6-3-7-15-24)32-30(33)26-18-10-5-11-19-26/h3-11,14-19,27,34H,1-2,12-13,20-23H2,(H,35,36). The van der Waals surface area contributed by atoms with Gasteiger partial charge in [-0.05, 0) is 25.0 Å². The minimum Gasteiger partial charge on any atom is -0.480 e. The van der Waals surface area contributed by atoms with Crippen LogP contribution in [0.2, 0.25) is 0 Å². The fraction of sp³-hybridized carbons (Fsp3) is 0.290. The molecule has 37 heavy (non-hydrogen) atoms. The molecule has 0 aliphatic carbocycles. The highest BCUT2D eigenvalue weighted by Gasteiger charge is 2.21. The van der Waals surface area contributed by atoms with Gasteiger partial charge in [0.15, 0.2) is 0 Å². The zero-order valence-electron chi connectivity index (χ0n) is 21.0. The van der Waals surface area contributed by atoms with Gasteiger partial charge in [-0.15, -0.1) is 11.8 Å². The summed E-state index contributed by atoms with van der Waals surface area (Å²) >= 11 is 1.43. The van der Waals surface area contributed by atoms with Crippen LogP contribution in [0, 0.1) is 0 Å². The van der Waals surface area contributed by atoms with Gasteiger partial charge in [0.05, 0.1) is 11.4 Å². The van der Waals surface area contributed by atoms with E-state index in [4.69, 9.17) is 10.1 Å². The molecule has 0 aliphatic rings. The molecule has 0 bridgehead atoms. The number of carboxylic acids is 1. The Bertz CT molecular complexity index is 1240. The summed E-state index contributed by atoms with van der Waals surface area (Å²) in [7, 11) is 0. The molecule has 192 valence electrons. The molecular weight excluding hydrogens is 480 g/mol. The van der Waals surface area contributed by atoms with Crippen molar-refractivity contribution in [2.75, 3.05) is 12.4 Å². The molecule has 1 aromatic heterocycles. The first-order valence-corrected chi connectivity index (χ1v) is 14.0. The Morgan fingerprint density at radius 1 is 0.784 bits per heavy atom. The molecule has 0 radical (unpaired) electrons. The molecule has 5 nitrogen and oxygen atoms in total. The minimum absolute atomic E-state index is 0.0899. The zero-order valence-corrected chi connectivity index (χ0v) is 21.8. The highest BCUT2D eigenvalue weighted by molar-refractivity contribution is 8.00. The lowest BCUT2D eigenvalue weighted by Gasteiger charge is -2.14. The van der Waals surface area contributed by atoms with Crippen LogP contribution >= 0.6 is 11.8 Å². The van der Waals surface area contributed by atoms with E-state index < -0.39 is 11.2 Å². The van der Waals surface area contributed by atoms with Gasteiger partial charge >= 0.3 is 5.97 Å². The summed E-state index contributed by atoms with van der Waals surface area (Å²) < 4.78 is 2.36. The van der Waals surface area contributed by atoms with Crippen molar-refractivity contribution in [1.82, 2.24) is 9.55 Å². The molecule has 0 fully saturated rings. The summed E-state index contributed by atoms with van der Waals surface area (Å²) in [5, 5.41) is 17.8.